The Morgan fingerprint density at radius 1 is 0.365 bits per heavy atom. The van der Waals surface area contributed by atoms with Crippen LogP contribution in [0.5, 0.6) is 0 Å². The Labute approximate surface area is 372 Å². The molecule has 4 heterocycles. The molecule has 0 amide bonds. The molecule has 0 aliphatic heterocycles. The number of benzene rings is 5. The van der Waals surface area contributed by atoms with Gasteiger partial charge in [0.25, 0.3) is 0 Å². The normalized spacial score (nSPS) is 12.8. The summed E-state index contributed by atoms with van der Waals surface area (Å²) in [5.74, 6) is 1.61. The first-order valence-electron chi connectivity index (χ1n) is 22.2. The van der Waals surface area contributed by atoms with Crippen LogP contribution in [-0.4, -0.2) is 9.97 Å². The van der Waals surface area contributed by atoms with Crippen molar-refractivity contribution in [2.75, 3.05) is 9.80 Å². The molecule has 5 aromatic carbocycles. The molecule has 0 aliphatic carbocycles. The van der Waals surface area contributed by atoms with Crippen molar-refractivity contribution in [3.63, 3.8) is 0 Å². The van der Waals surface area contributed by atoms with Crippen LogP contribution >= 0.6 is 0 Å². The first-order valence-corrected chi connectivity index (χ1v) is 22.2. The number of hydrogen-bond donors (Lipinski definition) is 0. The van der Waals surface area contributed by atoms with Crippen LogP contribution in [0, 0.1) is 6.92 Å². The summed E-state index contributed by atoms with van der Waals surface area (Å²) in [6, 6.07) is 45.8. The van der Waals surface area contributed by atoms with Gasteiger partial charge >= 0.3 is 0 Å². The number of aromatic nitrogens is 2. The third-order valence-electron chi connectivity index (χ3n) is 12.5. The molecular formula is C57H60N4O2. The Bertz CT molecular complexity index is 2800. The molecule has 0 spiro atoms. The zero-order valence-corrected chi connectivity index (χ0v) is 39.2. The third kappa shape index (κ3) is 7.75. The third-order valence-corrected chi connectivity index (χ3v) is 12.5. The Morgan fingerprint density at radius 3 is 0.889 bits per heavy atom. The van der Waals surface area contributed by atoms with Crippen molar-refractivity contribution < 1.29 is 8.83 Å². The second kappa shape index (κ2) is 14.9. The maximum atomic E-state index is 6.61. The minimum absolute atomic E-state index is 0.0361. The topological polar surface area (TPSA) is 58.5 Å². The van der Waals surface area contributed by atoms with Crippen molar-refractivity contribution >= 4 is 78.5 Å². The van der Waals surface area contributed by atoms with E-state index in [1.54, 1.807) is 0 Å². The number of hydrogen-bond acceptors (Lipinski definition) is 6. The molecule has 6 nitrogen and oxygen atoms in total. The fourth-order valence-corrected chi connectivity index (χ4v) is 8.56. The predicted molar refractivity (Wildman–Crippen MR) is 265 cm³/mol. The number of furan rings is 2. The van der Waals surface area contributed by atoms with E-state index >= 15 is 0 Å². The van der Waals surface area contributed by atoms with E-state index in [0.29, 0.717) is 0 Å². The van der Waals surface area contributed by atoms with Gasteiger partial charge < -0.3 is 8.83 Å². The number of fused-ring (bicyclic) bond motifs is 6. The van der Waals surface area contributed by atoms with Crippen molar-refractivity contribution in [1.29, 1.82) is 0 Å². The van der Waals surface area contributed by atoms with E-state index in [1.807, 2.05) is 12.1 Å². The molecule has 9 aromatic rings. The zero-order valence-electron chi connectivity index (χ0n) is 39.2. The fourth-order valence-electron chi connectivity index (χ4n) is 8.56. The number of anilines is 6. The predicted octanol–water partition coefficient (Wildman–Crippen LogP) is 16.7. The minimum atomic E-state index is 0.0361. The van der Waals surface area contributed by atoms with Crippen molar-refractivity contribution in [2.24, 2.45) is 0 Å². The number of rotatable bonds is 6. The number of nitrogens with zero attached hydrogens (tertiary/aromatic N) is 4. The second-order valence-corrected chi connectivity index (χ2v) is 21.3. The zero-order chi connectivity index (χ0) is 44.8. The average molecular weight is 833 g/mol. The van der Waals surface area contributed by atoms with E-state index in [4.69, 9.17) is 18.8 Å². The summed E-state index contributed by atoms with van der Waals surface area (Å²) in [7, 11) is 0. The van der Waals surface area contributed by atoms with Crippen molar-refractivity contribution in [1.82, 2.24) is 9.97 Å². The highest BCUT2D eigenvalue weighted by atomic mass is 16.3. The molecule has 0 radical (unpaired) electrons. The van der Waals surface area contributed by atoms with Gasteiger partial charge in [0.2, 0.25) is 0 Å². The molecule has 0 saturated heterocycles. The molecule has 4 aromatic heterocycles. The maximum absolute atomic E-state index is 6.61. The van der Waals surface area contributed by atoms with Crippen molar-refractivity contribution in [3.05, 3.63) is 155 Å². The van der Waals surface area contributed by atoms with E-state index < -0.39 is 0 Å². The Kier molecular flexibility index (Phi) is 9.89. The van der Waals surface area contributed by atoms with Gasteiger partial charge in [-0.05, 0) is 130 Å². The van der Waals surface area contributed by atoms with E-state index in [0.717, 1.165) is 84.1 Å². The molecule has 0 saturated carbocycles. The summed E-state index contributed by atoms with van der Waals surface area (Å²) in [5.41, 5.74) is 14.9. The van der Waals surface area contributed by atoms with E-state index in [9.17, 15) is 0 Å². The van der Waals surface area contributed by atoms with Crippen LogP contribution in [0.4, 0.5) is 34.4 Å². The molecule has 9 rings (SSSR count). The van der Waals surface area contributed by atoms with Crippen LogP contribution in [0.1, 0.15) is 111 Å². The van der Waals surface area contributed by atoms with Gasteiger partial charge in [-0.15, -0.1) is 0 Å². The fraction of sp³-hybridized carbons (Fsp3) is 0.298. The standard InChI is InChI=1S/C57H60N4O2/c1-35-52-44(50-46(62-52)30-32-48(58-50)60(40-22-14-36(15-23-40)54(2,3)4)41-24-16-37(17-25-41)55(5,6)7)34-45-51-47(63-53(35)45)31-33-49(59-51)61(42-26-18-38(19-27-42)56(8,9)10)43-28-20-39(21-29-43)57(11,12)13/h14-34H,1-13H3. The highest BCUT2D eigenvalue weighted by Gasteiger charge is 2.25. The van der Waals surface area contributed by atoms with Gasteiger partial charge in [0.15, 0.2) is 11.2 Å². The van der Waals surface area contributed by atoms with Crippen LogP contribution in [0.15, 0.2) is 136 Å². The lowest BCUT2D eigenvalue weighted by atomic mass is 9.86. The van der Waals surface area contributed by atoms with Crippen LogP contribution in [0.3, 0.4) is 0 Å². The maximum Gasteiger partial charge on any atom is 0.154 e. The summed E-state index contributed by atoms with van der Waals surface area (Å²) in [4.78, 5) is 15.3. The molecule has 0 atom stereocenters. The van der Waals surface area contributed by atoms with Crippen LogP contribution < -0.4 is 9.80 Å². The van der Waals surface area contributed by atoms with Gasteiger partial charge in [0.05, 0.1) is 0 Å². The van der Waals surface area contributed by atoms with Gasteiger partial charge in [0, 0.05) is 39.1 Å². The number of aryl methyl sites for hydroxylation is 1. The molecule has 0 N–H and O–H groups in total. The molecule has 320 valence electrons. The lowest BCUT2D eigenvalue weighted by Crippen LogP contribution is -2.15. The Hall–Kier alpha value is -6.40. The summed E-state index contributed by atoms with van der Waals surface area (Å²) in [6.45, 7) is 29.0. The number of pyridine rings is 2. The molecule has 0 unspecified atom stereocenters. The average Bonchev–Trinajstić information content (AvgIpc) is 3.79. The van der Waals surface area contributed by atoms with Gasteiger partial charge in [0.1, 0.15) is 33.8 Å². The minimum Gasteiger partial charge on any atom is -0.454 e. The summed E-state index contributed by atoms with van der Waals surface area (Å²) in [6.07, 6.45) is 0. The van der Waals surface area contributed by atoms with Gasteiger partial charge in [-0.3, -0.25) is 9.80 Å². The monoisotopic (exact) mass is 832 g/mol. The van der Waals surface area contributed by atoms with Crippen LogP contribution in [0.2, 0.25) is 0 Å². The van der Waals surface area contributed by atoms with Crippen LogP contribution in [0.25, 0.3) is 44.1 Å². The molecule has 63 heavy (non-hydrogen) atoms. The van der Waals surface area contributed by atoms with E-state index in [2.05, 4.69) is 215 Å². The molecule has 6 heteroatoms. The molecular weight excluding hydrogens is 773 g/mol. The quantitative estimate of drug-likeness (QED) is 0.166. The lowest BCUT2D eigenvalue weighted by Gasteiger charge is -2.27. The van der Waals surface area contributed by atoms with Crippen LogP contribution in [-0.2, 0) is 21.7 Å². The molecule has 0 aliphatic rings. The molecule has 0 bridgehead atoms. The van der Waals surface area contributed by atoms with Gasteiger partial charge in [-0.2, -0.15) is 0 Å². The Morgan fingerprint density at radius 2 is 0.635 bits per heavy atom. The summed E-state index contributed by atoms with van der Waals surface area (Å²) in [5, 5.41) is 1.84. The smallest absolute Gasteiger partial charge is 0.154 e. The molecule has 0 fully saturated rings. The van der Waals surface area contributed by atoms with E-state index in [-0.39, 0.29) is 21.7 Å². The summed E-state index contributed by atoms with van der Waals surface area (Å²) >= 11 is 0. The van der Waals surface area contributed by atoms with E-state index in [1.165, 1.54) is 22.3 Å². The van der Waals surface area contributed by atoms with Gasteiger partial charge in [-0.1, -0.05) is 132 Å². The first-order chi connectivity index (χ1) is 29.6. The SMILES string of the molecule is Cc1c2oc3ccc(N(c4ccc(C(C)(C)C)cc4)c4ccc(C(C)(C)C)cc4)nc3c2cc2c1oc1ccc(N(c3ccc(C(C)(C)C)cc3)c3ccc(C(C)(C)C)cc3)nc12. The van der Waals surface area contributed by atoms with Crippen molar-refractivity contribution in [3.8, 4) is 0 Å². The summed E-state index contributed by atoms with van der Waals surface area (Å²) < 4.78 is 13.2. The largest absolute Gasteiger partial charge is 0.454 e. The highest BCUT2D eigenvalue weighted by Crippen LogP contribution is 2.43. The second-order valence-electron chi connectivity index (χ2n) is 21.3. The lowest BCUT2D eigenvalue weighted by molar-refractivity contribution is 0.590. The van der Waals surface area contributed by atoms with Gasteiger partial charge in [-0.25, -0.2) is 9.97 Å². The highest BCUT2D eigenvalue weighted by molar-refractivity contribution is 6.15. The Balaban J connectivity index is 1.20. The van der Waals surface area contributed by atoms with Crippen molar-refractivity contribution in [2.45, 2.75) is 112 Å². The first kappa shape index (κ1) is 41.9.